The zero-order valence-electron chi connectivity index (χ0n) is 14.8. The highest BCUT2D eigenvalue weighted by molar-refractivity contribution is 5.92. The fourth-order valence-electron chi connectivity index (χ4n) is 3.79. The minimum absolute atomic E-state index is 0.0915. The van der Waals surface area contributed by atoms with Crippen LogP contribution < -0.4 is 10.1 Å². The third-order valence-corrected chi connectivity index (χ3v) is 5.52. The van der Waals surface area contributed by atoms with Crippen LogP contribution in [-0.2, 0) is 11.2 Å². The molecule has 1 aromatic heterocycles. The van der Waals surface area contributed by atoms with Crippen LogP contribution in [0.5, 0.6) is 5.75 Å². The summed E-state index contributed by atoms with van der Waals surface area (Å²) < 4.78 is 5.53. The molecule has 1 aromatic rings. The average molecular weight is 359 g/mol. The number of hydrogen-bond acceptors (Lipinski definition) is 5. The van der Waals surface area contributed by atoms with Crippen molar-refractivity contribution in [3.8, 4) is 5.75 Å². The van der Waals surface area contributed by atoms with Crippen molar-refractivity contribution in [2.24, 2.45) is 5.92 Å². The predicted octanol–water partition coefficient (Wildman–Crippen LogP) is 1.46. The van der Waals surface area contributed by atoms with Crippen LogP contribution in [0.15, 0.2) is 12.3 Å². The molecule has 0 saturated heterocycles. The molecule has 7 nitrogen and oxygen atoms in total. The van der Waals surface area contributed by atoms with Gasteiger partial charge in [-0.25, -0.2) is 4.98 Å². The lowest BCUT2D eigenvalue weighted by Crippen LogP contribution is -2.55. The first-order valence-electron chi connectivity index (χ1n) is 9.47. The van der Waals surface area contributed by atoms with Crippen LogP contribution in [0.25, 0.3) is 0 Å². The standard InChI is InChI=1S/C19H25N3O4/c23-18(24)11-22(10-12-3-4-12)15-7-14(8-15)21-19(25)16-6-13-2-1-5-26-17(13)9-20-16/h6,9,12,14-15H,1-5,7-8,10-11H2,(H,21,25)(H,23,24). The van der Waals surface area contributed by atoms with E-state index in [1.807, 2.05) is 6.07 Å². The smallest absolute Gasteiger partial charge is 0.317 e. The SMILES string of the molecule is O=C(O)CN(CC1CC1)C1CC(NC(=O)c2cc3c(cn2)OCCC3)C1. The van der Waals surface area contributed by atoms with Gasteiger partial charge >= 0.3 is 5.97 Å². The molecule has 0 bridgehead atoms. The molecule has 2 heterocycles. The Morgan fingerprint density at radius 1 is 1.35 bits per heavy atom. The molecule has 0 atom stereocenters. The van der Waals surface area contributed by atoms with Crippen molar-refractivity contribution < 1.29 is 19.4 Å². The number of carboxylic acids is 1. The van der Waals surface area contributed by atoms with E-state index in [9.17, 15) is 9.59 Å². The van der Waals surface area contributed by atoms with Crippen LogP contribution in [0.3, 0.4) is 0 Å². The van der Waals surface area contributed by atoms with E-state index in [4.69, 9.17) is 9.84 Å². The van der Waals surface area contributed by atoms with Gasteiger partial charge in [0.15, 0.2) is 0 Å². The lowest BCUT2D eigenvalue weighted by molar-refractivity contribution is -0.139. The lowest BCUT2D eigenvalue weighted by Gasteiger charge is -2.42. The summed E-state index contributed by atoms with van der Waals surface area (Å²) in [7, 11) is 0. The van der Waals surface area contributed by atoms with Crippen molar-refractivity contribution in [1.29, 1.82) is 0 Å². The van der Waals surface area contributed by atoms with Gasteiger partial charge in [-0.05, 0) is 56.1 Å². The number of aliphatic carboxylic acids is 1. The van der Waals surface area contributed by atoms with Crippen LogP contribution in [0.2, 0.25) is 0 Å². The maximum atomic E-state index is 12.5. The van der Waals surface area contributed by atoms with E-state index in [2.05, 4.69) is 15.2 Å². The van der Waals surface area contributed by atoms with Crippen LogP contribution in [-0.4, -0.2) is 58.6 Å². The molecule has 0 radical (unpaired) electrons. The Morgan fingerprint density at radius 2 is 2.15 bits per heavy atom. The topological polar surface area (TPSA) is 91.8 Å². The maximum absolute atomic E-state index is 12.5. The van der Waals surface area contributed by atoms with Crippen LogP contribution in [0.1, 0.15) is 48.2 Å². The Morgan fingerprint density at radius 3 is 2.88 bits per heavy atom. The Kier molecular flexibility index (Phi) is 4.80. The number of nitrogens with one attached hydrogen (secondary N) is 1. The number of aromatic nitrogens is 1. The Balaban J connectivity index is 1.30. The fraction of sp³-hybridized carbons (Fsp3) is 0.632. The molecule has 2 saturated carbocycles. The molecular weight excluding hydrogens is 334 g/mol. The van der Waals surface area contributed by atoms with Gasteiger partial charge in [-0.2, -0.15) is 0 Å². The Hall–Kier alpha value is -2.15. The Labute approximate surface area is 152 Å². The molecule has 2 N–H and O–H groups in total. The molecule has 0 aromatic carbocycles. The van der Waals surface area contributed by atoms with Gasteiger partial charge in [0.05, 0.1) is 19.3 Å². The number of carboxylic acid groups (broad SMARTS) is 1. The largest absolute Gasteiger partial charge is 0.492 e. The summed E-state index contributed by atoms with van der Waals surface area (Å²) in [5.74, 6) is 0.498. The molecular formula is C19H25N3O4. The number of hydrogen-bond donors (Lipinski definition) is 2. The molecule has 0 unspecified atom stereocenters. The molecule has 26 heavy (non-hydrogen) atoms. The summed E-state index contributed by atoms with van der Waals surface area (Å²) in [6.45, 7) is 1.66. The van der Waals surface area contributed by atoms with Crippen molar-refractivity contribution in [2.75, 3.05) is 19.7 Å². The molecule has 4 rings (SSSR count). The number of nitrogens with zero attached hydrogens (tertiary/aromatic N) is 2. The molecule has 3 aliphatic rings. The first-order chi connectivity index (χ1) is 12.6. The normalized spacial score (nSPS) is 24.3. The lowest BCUT2D eigenvalue weighted by atomic mass is 9.85. The van der Waals surface area contributed by atoms with Gasteiger partial charge in [-0.15, -0.1) is 0 Å². The molecule has 1 amide bonds. The number of ether oxygens (including phenoxy) is 1. The van der Waals surface area contributed by atoms with Crippen molar-refractivity contribution >= 4 is 11.9 Å². The van der Waals surface area contributed by atoms with Crippen molar-refractivity contribution in [3.05, 3.63) is 23.5 Å². The summed E-state index contributed by atoms with van der Waals surface area (Å²) >= 11 is 0. The number of fused-ring (bicyclic) bond motifs is 1. The minimum atomic E-state index is -0.779. The van der Waals surface area contributed by atoms with E-state index in [1.54, 1.807) is 6.20 Å². The van der Waals surface area contributed by atoms with Gasteiger partial charge in [0.2, 0.25) is 0 Å². The number of pyridine rings is 1. The molecule has 7 heteroatoms. The molecule has 0 spiro atoms. The second-order valence-corrected chi connectivity index (χ2v) is 7.69. The number of carbonyl (C=O) groups excluding carboxylic acids is 1. The van der Waals surface area contributed by atoms with Crippen molar-refractivity contribution in [1.82, 2.24) is 15.2 Å². The number of aryl methyl sites for hydroxylation is 1. The highest BCUT2D eigenvalue weighted by Crippen LogP contribution is 2.34. The first-order valence-corrected chi connectivity index (χ1v) is 9.47. The Bertz CT molecular complexity index is 698. The fourth-order valence-corrected chi connectivity index (χ4v) is 3.79. The third-order valence-electron chi connectivity index (χ3n) is 5.52. The molecule has 2 fully saturated rings. The quantitative estimate of drug-likeness (QED) is 0.766. The van der Waals surface area contributed by atoms with Gasteiger partial charge in [0, 0.05) is 18.6 Å². The highest BCUT2D eigenvalue weighted by atomic mass is 16.5. The minimum Gasteiger partial charge on any atom is -0.492 e. The van der Waals surface area contributed by atoms with Crippen molar-refractivity contribution in [3.63, 3.8) is 0 Å². The van der Waals surface area contributed by atoms with Gasteiger partial charge in [-0.1, -0.05) is 0 Å². The van der Waals surface area contributed by atoms with E-state index in [0.717, 1.165) is 43.5 Å². The van der Waals surface area contributed by atoms with E-state index < -0.39 is 5.97 Å². The van der Waals surface area contributed by atoms with Crippen LogP contribution >= 0.6 is 0 Å². The monoisotopic (exact) mass is 359 g/mol. The first kappa shape index (κ1) is 17.3. The summed E-state index contributed by atoms with van der Waals surface area (Å²) in [4.78, 5) is 29.8. The molecule has 1 aliphatic heterocycles. The second-order valence-electron chi connectivity index (χ2n) is 7.69. The molecule has 140 valence electrons. The zero-order valence-corrected chi connectivity index (χ0v) is 14.8. The summed E-state index contributed by atoms with van der Waals surface area (Å²) in [5, 5.41) is 12.1. The number of carbonyl (C=O) groups is 2. The predicted molar refractivity (Wildman–Crippen MR) is 94.3 cm³/mol. The molecule has 2 aliphatic carbocycles. The maximum Gasteiger partial charge on any atom is 0.317 e. The van der Waals surface area contributed by atoms with E-state index in [0.29, 0.717) is 18.2 Å². The summed E-state index contributed by atoms with van der Waals surface area (Å²) in [5.41, 5.74) is 1.47. The van der Waals surface area contributed by atoms with Gasteiger partial charge in [-0.3, -0.25) is 14.5 Å². The number of rotatable bonds is 7. The highest BCUT2D eigenvalue weighted by Gasteiger charge is 2.38. The van der Waals surface area contributed by atoms with Crippen LogP contribution in [0.4, 0.5) is 0 Å². The van der Waals surface area contributed by atoms with Gasteiger partial charge in [0.25, 0.3) is 5.91 Å². The van der Waals surface area contributed by atoms with Gasteiger partial charge < -0.3 is 15.2 Å². The van der Waals surface area contributed by atoms with E-state index >= 15 is 0 Å². The van der Waals surface area contributed by atoms with E-state index in [1.165, 1.54) is 12.8 Å². The van der Waals surface area contributed by atoms with Crippen LogP contribution in [0, 0.1) is 5.92 Å². The zero-order chi connectivity index (χ0) is 18.1. The number of amides is 1. The van der Waals surface area contributed by atoms with Crippen molar-refractivity contribution in [2.45, 2.75) is 50.6 Å². The van der Waals surface area contributed by atoms with E-state index in [-0.39, 0.29) is 24.5 Å². The second kappa shape index (κ2) is 7.23. The van der Waals surface area contributed by atoms with Gasteiger partial charge in [0.1, 0.15) is 11.4 Å². The summed E-state index contributed by atoms with van der Waals surface area (Å²) in [6, 6.07) is 2.17. The third kappa shape index (κ3) is 3.98. The average Bonchev–Trinajstić information content (AvgIpc) is 3.40. The summed E-state index contributed by atoms with van der Waals surface area (Å²) in [6.07, 6.45) is 7.53.